The predicted molar refractivity (Wildman–Crippen MR) is 109 cm³/mol. The number of rotatable bonds is 9. The number of para-hydroxylation sites is 2. The molecule has 3 rings (SSSR count). The highest BCUT2D eigenvalue weighted by atomic mass is 32.1. The third-order valence-electron chi connectivity index (χ3n) is 3.94. The Morgan fingerprint density at radius 3 is 2.34 bits per heavy atom. The van der Waals surface area contributed by atoms with Crippen LogP contribution in [0.25, 0.3) is 0 Å². The van der Waals surface area contributed by atoms with Crippen LogP contribution in [0.1, 0.15) is 10.6 Å². The van der Waals surface area contributed by atoms with Gasteiger partial charge in [-0.05, 0) is 29.8 Å². The molecule has 1 aromatic heterocycles. The van der Waals surface area contributed by atoms with Gasteiger partial charge in [0.15, 0.2) is 29.6 Å². The number of nitrogens with zero attached hydrogens (tertiary/aromatic N) is 2. The standard InChI is InChI=1S/C20H21N3O5S/c1-25-14-6-4-5-7-16(14)28-12-18(24)21-20-23-22-19(29-20)11-13-8-9-15(26-2)17(10-13)27-3/h4-10H,11-12H2,1-3H3,(H,21,23,24). The molecule has 0 bridgehead atoms. The summed E-state index contributed by atoms with van der Waals surface area (Å²) in [5.41, 5.74) is 0.996. The maximum absolute atomic E-state index is 12.1. The Morgan fingerprint density at radius 1 is 0.931 bits per heavy atom. The summed E-state index contributed by atoms with van der Waals surface area (Å²) < 4.78 is 21.3. The van der Waals surface area contributed by atoms with Crippen molar-refractivity contribution in [3.63, 3.8) is 0 Å². The van der Waals surface area contributed by atoms with Crippen LogP contribution in [0.3, 0.4) is 0 Å². The molecule has 1 heterocycles. The fraction of sp³-hybridized carbons (Fsp3) is 0.250. The maximum Gasteiger partial charge on any atom is 0.264 e. The average molecular weight is 415 g/mol. The first-order valence-corrected chi connectivity index (χ1v) is 9.53. The lowest BCUT2D eigenvalue weighted by molar-refractivity contribution is -0.118. The van der Waals surface area contributed by atoms with Crippen LogP contribution in [0.5, 0.6) is 23.0 Å². The van der Waals surface area contributed by atoms with E-state index in [1.165, 1.54) is 11.3 Å². The van der Waals surface area contributed by atoms with Crippen LogP contribution in [0, 0.1) is 0 Å². The van der Waals surface area contributed by atoms with Crippen molar-refractivity contribution in [2.24, 2.45) is 0 Å². The number of carbonyl (C=O) groups is 1. The SMILES string of the molecule is COc1ccc(Cc2nnc(NC(=O)COc3ccccc3OC)s2)cc1OC. The van der Waals surface area contributed by atoms with Crippen LogP contribution in [-0.2, 0) is 11.2 Å². The summed E-state index contributed by atoms with van der Waals surface area (Å²) in [5.74, 6) is 2.04. The summed E-state index contributed by atoms with van der Waals surface area (Å²) >= 11 is 1.30. The van der Waals surface area contributed by atoms with Gasteiger partial charge < -0.3 is 18.9 Å². The van der Waals surface area contributed by atoms with E-state index in [4.69, 9.17) is 18.9 Å². The second kappa shape index (κ2) is 9.74. The fourth-order valence-electron chi connectivity index (χ4n) is 2.58. The summed E-state index contributed by atoms with van der Waals surface area (Å²) in [7, 11) is 4.73. The minimum absolute atomic E-state index is 0.162. The molecule has 1 N–H and O–H groups in total. The van der Waals surface area contributed by atoms with Crippen molar-refractivity contribution in [2.75, 3.05) is 33.3 Å². The van der Waals surface area contributed by atoms with Crippen molar-refractivity contribution in [1.82, 2.24) is 10.2 Å². The van der Waals surface area contributed by atoms with Crippen LogP contribution >= 0.6 is 11.3 Å². The molecular formula is C20H21N3O5S. The molecule has 0 radical (unpaired) electrons. The topological polar surface area (TPSA) is 91.8 Å². The van der Waals surface area contributed by atoms with Gasteiger partial charge in [-0.25, -0.2) is 0 Å². The Hall–Kier alpha value is -3.33. The normalized spacial score (nSPS) is 10.3. The number of hydrogen-bond donors (Lipinski definition) is 1. The van der Waals surface area contributed by atoms with Crippen molar-refractivity contribution in [3.05, 3.63) is 53.0 Å². The molecule has 9 heteroatoms. The second-order valence-corrected chi connectivity index (χ2v) is 6.92. The minimum Gasteiger partial charge on any atom is -0.493 e. The van der Waals surface area contributed by atoms with Gasteiger partial charge in [0.25, 0.3) is 5.91 Å². The summed E-state index contributed by atoms with van der Waals surface area (Å²) in [6, 6.07) is 12.8. The lowest BCUT2D eigenvalue weighted by Crippen LogP contribution is -2.20. The van der Waals surface area contributed by atoms with Crippen molar-refractivity contribution in [1.29, 1.82) is 0 Å². The van der Waals surface area contributed by atoms with E-state index in [1.54, 1.807) is 39.5 Å². The van der Waals surface area contributed by atoms with E-state index >= 15 is 0 Å². The van der Waals surface area contributed by atoms with E-state index in [9.17, 15) is 4.79 Å². The number of methoxy groups -OCH3 is 3. The molecule has 0 saturated carbocycles. The lowest BCUT2D eigenvalue weighted by atomic mass is 10.1. The average Bonchev–Trinajstić information content (AvgIpc) is 3.18. The van der Waals surface area contributed by atoms with Crippen LogP contribution in [0.15, 0.2) is 42.5 Å². The van der Waals surface area contributed by atoms with Gasteiger partial charge in [0.1, 0.15) is 5.01 Å². The molecule has 3 aromatic rings. The van der Waals surface area contributed by atoms with E-state index in [2.05, 4.69) is 15.5 Å². The summed E-state index contributed by atoms with van der Waals surface area (Å²) in [5, 5.41) is 12.0. The monoisotopic (exact) mass is 415 g/mol. The Bertz CT molecular complexity index is 976. The molecule has 29 heavy (non-hydrogen) atoms. The van der Waals surface area contributed by atoms with E-state index < -0.39 is 0 Å². The Balaban J connectivity index is 1.56. The number of aromatic nitrogens is 2. The number of ether oxygens (including phenoxy) is 4. The van der Waals surface area contributed by atoms with Crippen LogP contribution < -0.4 is 24.3 Å². The van der Waals surface area contributed by atoms with Crippen molar-refractivity contribution >= 4 is 22.4 Å². The molecule has 0 aliphatic heterocycles. The first-order chi connectivity index (χ1) is 14.1. The summed E-state index contributed by atoms with van der Waals surface area (Å²) in [6.45, 7) is -0.162. The number of anilines is 1. The largest absolute Gasteiger partial charge is 0.493 e. The number of nitrogens with one attached hydrogen (secondary N) is 1. The van der Waals surface area contributed by atoms with Gasteiger partial charge >= 0.3 is 0 Å². The Morgan fingerprint density at radius 2 is 1.62 bits per heavy atom. The molecular weight excluding hydrogens is 394 g/mol. The van der Waals surface area contributed by atoms with E-state index in [0.29, 0.717) is 34.6 Å². The molecule has 0 saturated heterocycles. The highest BCUT2D eigenvalue weighted by Gasteiger charge is 2.12. The zero-order valence-electron chi connectivity index (χ0n) is 16.3. The molecule has 0 aliphatic rings. The molecule has 2 aromatic carbocycles. The molecule has 152 valence electrons. The van der Waals surface area contributed by atoms with Crippen molar-refractivity contribution in [2.45, 2.75) is 6.42 Å². The third-order valence-corrected chi connectivity index (χ3v) is 4.78. The maximum atomic E-state index is 12.1. The van der Waals surface area contributed by atoms with Gasteiger partial charge in [0, 0.05) is 6.42 Å². The predicted octanol–water partition coefficient (Wildman–Crippen LogP) is 3.17. The van der Waals surface area contributed by atoms with Crippen LogP contribution in [0.4, 0.5) is 5.13 Å². The summed E-state index contributed by atoms with van der Waals surface area (Å²) in [4.78, 5) is 12.1. The van der Waals surface area contributed by atoms with E-state index in [1.807, 2.05) is 24.3 Å². The first kappa shape index (κ1) is 20.4. The third kappa shape index (κ3) is 5.35. The fourth-order valence-corrected chi connectivity index (χ4v) is 3.37. The second-order valence-electron chi connectivity index (χ2n) is 5.85. The highest BCUT2D eigenvalue weighted by molar-refractivity contribution is 7.15. The number of amides is 1. The van der Waals surface area contributed by atoms with Crippen molar-refractivity contribution in [3.8, 4) is 23.0 Å². The molecule has 8 nitrogen and oxygen atoms in total. The van der Waals surface area contributed by atoms with Gasteiger partial charge in [-0.1, -0.05) is 29.5 Å². The zero-order valence-corrected chi connectivity index (χ0v) is 17.1. The van der Waals surface area contributed by atoms with Gasteiger partial charge in [-0.2, -0.15) is 0 Å². The number of carbonyl (C=O) groups excluding carboxylic acids is 1. The molecule has 0 atom stereocenters. The van der Waals surface area contributed by atoms with Crippen LogP contribution in [-0.4, -0.2) is 44.0 Å². The zero-order chi connectivity index (χ0) is 20.6. The lowest BCUT2D eigenvalue weighted by Gasteiger charge is -2.09. The first-order valence-electron chi connectivity index (χ1n) is 8.72. The Kier molecular flexibility index (Phi) is 6.85. The smallest absolute Gasteiger partial charge is 0.264 e. The van der Waals surface area contributed by atoms with E-state index in [0.717, 1.165) is 10.6 Å². The molecule has 0 aliphatic carbocycles. The number of benzene rings is 2. The highest BCUT2D eigenvalue weighted by Crippen LogP contribution is 2.29. The molecule has 1 amide bonds. The van der Waals surface area contributed by atoms with Gasteiger partial charge in [-0.3, -0.25) is 10.1 Å². The van der Waals surface area contributed by atoms with Gasteiger partial charge in [0.2, 0.25) is 5.13 Å². The minimum atomic E-state index is -0.329. The quantitative estimate of drug-likeness (QED) is 0.574. The van der Waals surface area contributed by atoms with E-state index in [-0.39, 0.29) is 12.5 Å². The summed E-state index contributed by atoms with van der Waals surface area (Å²) in [6.07, 6.45) is 0.561. The Labute approximate surface area is 172 Å². The van der Waals surface area contributed by atoms with Gasteiger partial charge in [-0.15, -0.1) is 10.2 Å². The molecule has 0 spiro atoms. The van der Waals surface area contributed by atoms with Crippen LogP contribution in [0.2, 0.25) is 0 Å². The molecule has 0 fully saturated rings. The van der Waals surface area contributed by atoms with Crippen molar-refractivity contribution < 1.29 is 23.7 Å². The molecule has 0 unspecified atom stereocenters. The van der Waals surface area contributed by atoms with Gasteiger partial charge in [0.05, 0.1) is 21.3 Å². The number of hydrogen-bond acceptors (Lipinski definition) is 8.